The van der Waals surface area contributed by atoms with Gasteiger partial charge in [0.25, 0.3) is 0 Å². The predicted molar refractivity (Wildman–Crippen MR) is 19.2 cm³/mol. The lowest BCUT2D eigenvalue weighted by molar-refractivity contribution is -0.714. The molecule has 0 fully saturated rings. The maximum absolute atomic E-state index is 10.6. The van der Waals surface area contributed by atoms with Crippen LogP contribution < -0.4 is 0 Å². The first kappa shape index (κ1) is 8.04. The summed E-state index contributed by atoms with van der Waals surface area (Å²) < 4.78 is 34.5. The van der Waals surface area contributed by atoms with Gasteiger partial charge >= 0.3 is 15.5 Å². The molecule has 0 bridgehead atoms. The van der Waals surface area contributed by atoms with Crippen LogP contribution in [0.1, 0.15) is 0 Å². The molecule has 0 aromatic heterocycles. The van der Waals surface area contributed by atoms with E-state index in [9.17, 15) is 12.9 Å². The van der Waals surface area contributed by atoms with Crippen molar-refractivity contribution < 1.29 is 26.7 Å². The molecule has 54 valence electrons. The van der Waals surface area contributed by atoms with Crippen molar-refractivity contribution in [3.8, 4) is 0 Å². The summed E-state index contributed by atoms with van der Waals surface area (Å²) in [6, 6.07) is 0. The number of rotatable bonds is 3. The molecule has 0 aromatic carbocycles. The van der Waals surface area contributed by atoms with Crippen molar-refractivity contribution in [3.63, 3.8) is 0 Å². The smallest absolute Gasteiger partial charge is 0.168 e. The fourth-order valence-corrected chi connectivity index (χ4v) is 0.258. The zero-order valence-electron chi connectivity index (χ0n) is 3.68. The van der Waals surface area contributed by atoms with Crippen LogP contribution in [0.4, 0.5) is 4.53 Å². The standard InChI is InChI=1S/FNO6S/c1-7-9(5,6)8-2(3)4. The van der Waals surface area contributed by atoms with Crippen LogP contribution in [-0.4, -0.2) is 13.5 Å². The van der Waals surface area contributed by atoms with Crippen LogP contribution in [0.15, 0.2) is 0 Å². The second-order valence-corrected chi connectivity index (χ2v) is 1.86. The van der Waals surface area contributed by atoms with Crippen LogP contribution in [-0.2, 0) is 19.1 Å². The van der Waals surface area contributed by atoms with Gasteiger partial charge < -0.3 is 0 Å². The summed E-state index contributed by atoms with van der Waals surface area (Å²) in [5, 5.41) is 7.42. The topological polar surface area (TPSA) is 95.7 Å². The zero-order valence-corrected chi connectivity index (χ0v) is 4.50. The van der Waals surface area contributed by atoms with Gasteiger partial charge in [-0.25, -0.2) is 0 Å². The highest BCUT2D eigenvalue weighted by Gasteiger charge is 2.16. The van der Waals surface area contributed by atoms with Gasteiger partial charge in [0.2, 0.25) is 0 Å². The van der Waals surface area contributed by atoms with Gasteiger partial charge in [-0.1, -0.05) is 0 Å². The number of hydrogen-bond donors (Lipinski definition) is 0. The second kappa shape index (κ2) is 2.55. The summed E-state index contributed by atoms with van der Waals surface area (Å²) in [5.74, 6) is 0. The molecule has 0 radical (unpaired) electrons. The molecule has 0 amide bonds. The molecule has 0 saturated carbocycles. The third-order valence-corrected chi connectivity index (χ3v) is 0.688. The molecule has 0 unspecified atom stereocenters. The summed E-state index contributed by atoms with van der Waals surface area (Å²) in [4.78, 5) is 9.13. The summed E-state index contributed by atoms with van der Waals surface area (Å²) in [5.41, 5.74) is 0. The lowest BCUT2D eigenvalue weighted by Crippen LogP contribution is -2.10. The van der Waals surface area contributed by atoms with E-state index in [1.807, 2.05) is 0 Å². The lowest BCUT2D eigenvalue weighted by Gasteiger charge is -1.89. The lowest BCUT2D eigenvalue weighted by atomic mass is 13.1. The van der Waals surface area contributed by atoms with Crippen LogP contribution in [0.3, 0.4) is 0 Å². The van der Waals surface area contributed by atoms with Crippen molar-refractivity contribution in [2.75, 3.05) is 0 Å². The molecule has 0 rings (SSSR count). The summed E-state index contributed by atoms with van der Waals surface area (Å²) in [7, 11) is -5.08. The maximum atomic E-state index is 10.6. The van der Waals surface area contributed by atoms with E-state index >= 15 is 0 Å². The minimum Gasteiger partial charge on any atom is -0.168 e. The average Bonchev–Trinajstić information content (AvgIpc) is 1.63. The first-order valence-electron chi connectivity index (χ1n) is 1.37. The second-order valence-electron chi connectivity index (χ2n) is 0.769. The monoisotopic (exact) mass is 161 g/mol. The molecule has 0 spiro atoms. The van der Waals surface area contributed by atoms with Gasteiger partial charge in [-0.15, -0.1) is 10.1 Å². The Balaban J connectivity index is 4.06. The number of hydrogen-bond acceptors (Lipinski definition) is 6. The molecule has 0 aromatic rings. The fraction of sp³-hybridized carbons (Fsp3) is 0. The van der Waals surface area contributed by atoms with Crippen molar-refractivity contribution in [2.45, 2.75) is 0 Å². The third-order valence-electron chi connectivity index (χ3n) is 0.229. The van der Waals surface area contributed by atoms with Gasteiger partial charge in [0, 0.05) is 0 Å². The fourth-order valence-electron chi connectivity index (χ4n) is 0.0860. The Bertz CT molecular complexity index is 191. The molecule has 9 heteroatoms. The highest BCUT2D eigenvalue weighted by Crippen LogP contribution is 1.94. The molecule has 0 aliphatic carbocycles. The summed E-state index contributed by atoms with van der Waals surface area (Å²) in [6.07, 6.45) is 0. The van der Waals surface area contributed by atoms with Crippen molar-refractivity contribution in [3.05, 3.63) is 10.1 Å². The van der Waals surface area contributed by atoms with E-state index in [0.29, 0.717) is 0 Å². The molecule has 0 saturated heterocycles. The van der Waals surface area contributed by atoms with E-state index in [0.717, 1.165) is 0 Å². The van der Waals surface area contributed by atoms with E-state index in [1.165, 1.54) is 0 Å². The minimum absolute atomic E-state index is 1.71. The number of halogens is 1. The Morgan fingerprint density at radius 3 is 2.11 bits per heavy atom. The Hall–Kier alpha value is -0.960. The third kappa shape index (κ3) is 3.61. The molecular formula is FNO6S. The molecule has 0 aliphatic rings. The van der Waals surface area contributed by atoms with Gasteiger partial charge in [-0.05, 0) is 8.91 Å². The van der Waals surface area contributed by atoms with Crippen LogP contribution in [0, 0.1) is 10.1 Å². The van der Waals surface area contributed by atoms with E-state index in [2.05, 4.69) is 8.67 Å². The highest BCUT2D eigenvalue weighted by atomic mass is 32.3. The Morgan fingerprint density at radius 2 is 2.00 bits per heavy atom. The van der Waals surface area contributed by atoms with Crippen LogP contribution in [0.25, 0.3) is 0 Å². The van der Waals surface area contributed by atoms with Crippen molar-refractivity contribution in [1.82, 2.24) is 0 Å². The van der Waals surface area contributed by atoms with Crippen LogP contribution in [0.2, 0.25) is 0 Å². The van der Waals surface area contributed by atoms with Crippen molar-refractivity contribution in [1.29, 1.82) is 0 Å². The molecule has 0 atom stereocenters. The minimum atomic E-state index is -5.08. The molecule has 0 aliphatic heterocycles. The zero-order chi connectivity index (χ0) is 7.49. The van der Waals surface area contributed by atoms with Gasteiger partial charge in [-0.2, -0.15) is 12.7 Å². The maximum Gasteiger partial charge on any atom is 0.461 e. The molecular weight excluding hydrogens is 161 g/mol. The van der Waals surface area contributed by atoms with Crippen LogP contribution >= 0.6 is 0 Å². The molecule has 9 heavy (non-hydrogen) atoms. The van der Waals surface area contributed by atoms with E-state index in [1.54, 1.807) is 0 Å². The van der Waals surface area contributed by atoms with Gasteiger partial charge in [0.15, 0.2) is 0 Å². The normalized spacial score (nSPS) is 10.8. The molecule has 0 N–H and O–H groups in total. The predicted octanol–water partition coefficient (Wildman–Crippen LogP) is -0.659. The van der Waals surface area contributed by atoms with Crippen LogP contribution in [0.5, 0.6) is 0 Å². The van der Waals surface area contributed by atoms with Gasteiger partial charge in [0.1, 0.15) is 0 Å². The Morgan fingerprint density at radius 1 is 1.56 bits per heavy atom. The molecule has 0 heterocycles. The van der Waals surface area contributed by atoms with E-state index < -0.39 is 15.5 Å². The average molecular weight is 161 g/mol. The summed E-state index contributed by atoms with van der Waals surface area (Å²) >= 11 is 0. The molecule has 7 nitrogen and oxygen atoms in total. The largest absolute Gasteiger partial charge is 0.461 e. The SMILES string of the molecule is O=[N+]([O-])OS(=O)(=O)OF. The first-order valence-corrected chi connectivity index (χ1v) is 2.70. The van der Waals surface area contributed by atoms with Crippen molar-refractivity contribution >= 4 is 10.4 Å². The first-order chi connectivity index (χ1) is 3.98. The quantitative estimate of drug-likeness (QED) is 0.402. The summed E-state index contributed by atoms with van der Waals surface area (Å²) in [6.45, 7) is 0. The van der Waals surface area contributed by atoms with Gasteiger partial charge in [0.05, 0.1) is 0 Å². The highest BCUT2D eigenvalue weighted by molar-refractivity contribution is 7.81. The van der Waals surface area contributed by atoms with E-state index in [-0.39, 0.29) is 0 Å². The van der Waals surface area contributed by atoms with Gasteiger partial charge in [-0.3, -0.25) is 0 Å². The Labute approximate surface area is 48.3 Å². The van der Waals surface area contributed by atoms with Crippen molar-refractivity contribution in [2.24, 2.45) is 0 Å². The van der Waals surface area contributed by atoms with E-state index in [4.69, 9.17) is 10.1 Å². The number of nitrogens with zero attached hydrogens (tertiary/aromatic N) is 1. The Kier molecular flexibility index (Phi) is 2.28.